The van der Waals surface area contributed by atoms with E-state index in [0.29, 0.717) is 24.3 Å². The number of carbonyl (C=O) groups excluding carboxylic acids is 2. The zero-order chi connectivity index (χ0) is 30.8. The Bertz CT molecular complexity index is 1460. The first kappa shape index (κ1) is 31.9. The summed E-state index contributed by atoms with van der Waals surface area (Å²) in [5.41, 5.74) is 1.25. The van der Waals surface area contributed by atoms with Crippen LogP contribution in [0.2, 0.25) is 0 Å². The Hall–Kier alpha value is -4.05. The number of benzene rings is 3. The second-order valence-corrected chi connectivity index (χ2v) is 12.5. The number of carbonyl (C=O) groups is 2. The molecule has 0 radical (unpaired) electrons. The van der Waals surface area contributed by atoms with E-state index in [4.69, 9.17) is 9.47 Å². The second kappa shape index (κ2) is 14.9. The van der Waals surface area contributed by atoms with Crippen LogP contribution in [0.15, 0.2) is 83.8 Å². The molecule has 2 amide bonds. The van der Waals surface area contributed by atoms with Crippen molar-refractivity contribution in [3.63, 3.8) is 0 Å². The number of nitrogens with one attached hydrogen (secondary N) is 1. The first-order valence-corrected chi connectivity index (χ1v) is 16.2. The molecule has 3 aromatic rings. The Kier molecular flexibility index (Phi) is 11.1. The normalized spacial score (nSPS) is 14.1. The van der Waals surface area contributed by atoms with Gasteiger partial charge in [0.2, 0.25) is 11.8 Å². The molecule has 0 spiro atoms. The highest BCUT2D eigenvalue weighted by Crippen LogP contribution is 2.34. The smallest absolute Gasteiger partial charge is 0.264 e. The molecule has 0 aliphatic heterocycles. The highest BCUT2D eigenvalue weighted by molar-refractivity contribution is 7.92. The van der Waals surface area contributed by atoms with Gasteiger partial charge in [0, 0.05) is 18.7 Å². The van der Waals surface area contributed by atoms with E-state index in [-0.39, 0.29) is 29.1 Å². The third-order valence-corrected chi connectivity index (χ3v) is 9.62. The lowest BCUT2D eigenvalue weighted by Gasteiger charge is -2.34. The molecule has 1 N–H and O–H groups in total. The summed E-state index contributed by atoms with van der Waals surface area (Å²) in [4.78, 5) is 29.4. The molecule has 230 valence electrons. The van der Waals surface area contributed by atoms with Gasteiger partial charge in [-0.15, -0.1) is 0 Å². The molecule has 1 saturated carbocycles. The summed E-state index contributed by atoms with van der Waals surface area (Å²) in [7, 11) is -1.22. The third kappa shape index (κ3) is 7.87. The molecule has 1 fully saturated rings. The predicted molar refractivity (Wildman–Crippen MR) is 167 cm³/mol. The number of ether oxygens (including phenoxy) is 2. The number of methoxy groups -OCH3 is 2. The Balaban J connectivity index is 1.70. The number of amides is 2. The quantitative estimate of drug-likeness (QED) is 0.282. The van der Waals surface area contributed by atoms with Gasteiger partial charge in [0.05, 0.1) is 24.8 Å². The Morgan fingerprint density at radius 3 is 2.14 bits per heavy atom. The molecule has 0 aromatic heterocycles. The fraction of sp³-hybridized carbons (Fsp3) is 0.394. The highest BCUT2D eigenvalue weighted by Gasteiger charge is 2.34. The van der Waals surface area contributed by atoms with Gasteiger partial charge in [-0.2, -0.15) is 0 Å². The molecule has 4 rings (SSSR count). The molecular weight excluding hydrogens is 566 g/mol. The summed E-state index contributed by atoms with van der Waals surface area (Å²) in [6, 6.07) is 21.7. The van der Waals surface area contributed by atoms with Gasteiger partial charge in [-0.05, 0) is 55.5 Å². The van der Waals surface area contributed by atoms with Crippen molar-refractivity contribution in [2.24, 2.45) is 0 Å². The summed E-state index contributed by atoms with van der Waals surface area (Å²) in [5, 5.41) is 3.14. The van der Waals surface area contributed by atoms with Gasteiger partial charge in [0.25, 0.3) is 10.0 Å². The zero-order valence-electron chi connectivity index (χ0n) is 25.1. The van der Waals surface area contributed by atoms with Crippen LogP contribution < -0.4 is 19.1 Å². The third-order valence-electron chi connectivity index (χ3n) is 7.84. The maximum Gasteiger partial charge on any atom is 0.264 e. The van der Waals surface area contributed by atoms with Gasteiger partial charge in [0.1, 0.15) is 12.6 Å². The molecule has 9 nitrogen and oxygen atoms in total. The predicted octanol–water partition coefficient (Wildman–Crippen LogP) is 4.81. The van der Waals surface area contributed by atoms with Crippen LogP contribution in [0.4, 0.5) is 5.69 Å². The number of nitrogens with zero attached hydrogens (tertiary/aromatic N) is 2. The summed E-state index contributed by atoms with van der Waals surface area (Å²) in [6.07, 6.45) is 4.87. The molecular formula is C33H41N3O6S. The standard InChI is InChI=1S/C33H41N3O6S/c1-4-29(33(38)34-26-15-11-12-16-26)35(22-21-25-13-7-5-8-14-25)32(37)24-36(43(39,40)28-17-9-6-10-18-28)27-19-20-30(41-2)31(23-27)42-3/h5-10,13-14,17-20,23,26,29H,4,11-12,15-16,21-22,24H2,1-3H3,(H,34,38)/t29-/m1/s1. The van der Waals surface area contributed by atoms with Crippen molar-refractivity contribution in [3.8, 4) is 11.5 Å². The van der Waals surface area contributed by atoms with Crippen molar-refractivity contribution < 1.29 is 27.5 Å². The molecule has 1 atom stereocenters. The number of rotatable bonds is 14. The topological polar surface area (TPSA) is 105 Å². The Morgan fingerprint density at radius 2 is 1.53 bits per heavy atom. The lowest BCUT2D eigenvalue weighted by molar-refractivity contribution is -0.139. The van der Waals surface area contributed by atoms with Crippen LogP contribution in [0.3, 0.4) is 0 Å². The summed E-state index contributed by atoms with van der Waals surface area (Å²) < 4.78 is 39.9. The zero-order valence-corrected chi connectivity index (χ0v) is 25.9. The number of hydrogen-bond acceptors (Lipinski definition) is 6. The average Bonchev–Trinajstić information content (AvgIpc) is 3.55. The van der Waals surface area contributed by atoms with Gasteiger partial charge < -0.3 is 19.7 Å². The van der Waals surface area contributed by atoms with Crippen LogP contribution in [0.5, 0.6) is 11.5 Å². The van der Waals surface area contributed by atoms with Gasteiger partial charge in [-0.25, -0.2) is 8.42 Å². The van der Waals surface area contributed by atoms with Gasteiger partial charge in [-0.1, -0.05) is 68.3 Å². The fourth-order valence-electron chi connectivity index (χ4n) is 5.49. The largest absolute Gasteiger partial charge is 0.493 e. The highest BCUT2D eigenvalue weighted by atomic mass is 32.2. The lowest BCUT2D eigenvalue weighted by atomic mass is 10.1. The molecule has 0 bridgehead atoms. The minimum absolute atomic E-state index is 0.0411. The minimum Gasteiger partial charge on any atom is -0.493 e. The summed E-state index contributed by atoms with van der Waals surface area (Å²) in [5.74, 6) is 0.0656. The van der Waals surface area contributed by atoms with Crippen molar-refractivity contribution in [1.82, 2.24) is 10.2 Å². The molecule has 0 unspecified atom stereocenters. The van der Waals surface area contributed by atoms with Crippen molar-refractivity contribution >= 4 is 27.5 Å². The summed E-state index contributed by atoms with van der Waals surface area (Å²) >= 11 is 0. The van der Waals surface area contributed by atoms with Gasteiger partial charge >= 0.3 is 0 Å². The monoisotopic (exact) mass is 607 g/mol. The SMILES string of the molecule is CC[C@H](C(=O)NC1CCCC1)N(CCc1ccccc1)C(=O)CN(c1ccc(OC)c(OC)c1)S(=O)(=O)c1ccccc1. The Morgan fingerprint density at radius 1 is 0.907 bits per heavy atom. The van der Waals surface area contributed by atoms with E-state index in [2.05, 4.69) is 5.32 Å². The van der Waals surface area contributed by atoms with Crippen LogP contribution >= 0.6 is 0 Å². The van der Waals surface area contributed by atoms with E-state index in [9.17, 15) is 18.0 Å². The molecule has 43 heavy (non-hydrogen) atoms. The van der Waals surface area contributed by atoms with Crippen LogP contribution in [-0.2, 0) is 26.0 Å². The molecule has 0 heterocycles. The Labute approximate surface area is 254 Å². The van der Waals surface area contributed by atoms with Crippen LogP contribution in [0.1, 0.15) is 44.6 Å². The van der Waals surface area contributed by atoms with Gasteiger partial charge in [0.15, 0.2) is 11.5 Å². The average molecular weight is 608 g/mol. The molecule has 0 saturated heterocycles. The number of anilines is 1. The van der Waals surface area contributed by atoms with Crippen LogP contribution in [0, 0.1) is 0 Å². The molecule has 1 aliphatic carbocycles. The number of hydrogen-bond donors (Lipinski definition) is 1. The molecule has 3 aromatic carbocycles. The minimum atomic E-state index is -4.18. The lowest BCUT2D eigenvalue weighted by Crippen LogP contribution is -2.54. The van der Waals surface area contributed by atoms with E-state index in [1.165, 1.54) is 37.3 Å². The maximum absolute atomic E-state index is 14.2. The fourth-order valence-corrected chi connectivity index (χ4v) is 6.92. The first-order valence-electron chi connectivity index (χ1n) is 14.7. The van der Waals surface area contributed by atoms with Crippen molar-refractivity contribution in [3.05, 3.63) is 84.4 Å². The second-order valence-electron chi connectivity index (χ2n) is 10.6. The van der Waals surface area contributed by atoms with Crippen LogP contribution in [-0.4, -0.2) is 64.5 Å². The van der Waals surface area contributed by atoms with E-state index in [0.717, 1.165) is 35.6 Å². The van der Waals surface area contributed by atoms with E-state index < -0.39 is 28.5 Å². The summed E-state index contributed by atoms with van der Waals surface area (Å²) in [6.45, 7) is 1.62. The van der Waals surface area contributed by atoms with Crippen molar-refractivity contribution in [2.45, 2.75) is 62.4 Å². The van der Waals surface area contributed by atoms with E-state index in [1.807, 2.05) is 37.3 Å². The van der Waals surface area contributed by atoms with Crippen molar-refractivity contribution in [2.75, 3.05) is 31.6 Å². The molecule has 10 heteroatoms. The van der Waals surface area contributed by atoms with Crippen LogP contribution in [0.25, 0.3) is 0 Å². The molecule has 1 aliphatic rings. The van der Waals surface area contributed by atoms with E-state index in [1.54, 1.807) is 30.3 Å². The van der Waals surface area contributed by atoms with E-state index >= 15 is 0 Å². The van der Waals surface area contributed by atoms with Gasteiger partial charge in [-0.3, -0.25) is 13.9 Å². The number of sulfonamides is 1. The maximum atomic E-state index is 14.2. The first-order chi connectivity index (χ1) is 20.8. The van der Waals surface area contributed by atoms with Crippen molar-refractivity contribution in [1.29, 1.82) is 0 Å².